The maximum atomic E-state index is 14.2. The van der Waals surface area contributed by atoms with Crippen molar-refractivity contribution in [2.75, 3.05) is 26.2 Å². The topological polar surface area (TPSA) is 99.2 Å². The van der Waals surface area contributed by atoms with Crippen LogP contribution in [0.15, 0.2) is 91.0 Å². The van der Waals surface area contributed by atoms with E-state index in [-0.39, 0.29) is 56.3 Å². The van der Waals surface area contributed by atoms with Gasteiger partial charge in [-0.1, -0.05) is 78.4 Å². The van der Waals surface area contributed by atoms with Crippen molar-refractivity contribution in [1.29, 1.82) is 0 Å². The monoisotopic (exact) mass is 723 g/mol. The second-order valence-electron chi connectivity index (χ2n) is 14.2. The molecule has 2 N–H and O–H groups in total. The Morgan fingerprint density at radius 3 is 2.17 bits per heavy atom. The lowest BCUT2D eigenvalue weighted by Gasteiger charge is -2.30. The summed E-state index contributed by atoms with van der Waals surface area (Å²) in [7, 11) is 0. The van der Waals surface area contributed by atoms with Crippen molar-refractivity contribution in [3.8, 4) is 11.1 Å². The molecule has 0 aromatic heterocycles. The van der Waals surface area contributed by atoms with Crippen LogP contribution in [0.5, 0.6) is 0 Å². The Morgan fingerprint density at radius 2 is 1.51 bits per heavy atom. The zero-order valence-electron chi connectivity index (χ0n) is 30.1. The zero-order valence-corrected chi connectivity index (χ0v) is 30.1. The van der Waals surface area contributed by atoms with Gasteiger partial charge in [0.2, 0.25) is 11.8 Å². The van der Waals surface area contributed by atoms with Crippen molar-refractivity contribution in [1.82, 2.24) is 15.1 Å². The Bertz CT molecular complexity index is 1850. The molecule has 0 spiro atoms. The molecule has 1 fully saturated rings. The molecule has 10 heteroatoms. The second kappa shape index (κ2) is 17.6. The molecule has 1 saturated heterocycles. The predicted molar refractivity (Wildman–Crippen MR) is 199 cm³/mol. The molecule has 278 valence electrons. The number of nitrogens with one attached hydrogen (secondary N) is 1. The van der Waals surface area contributed by atoms with E-state index in [1.165, 1.54) is 4.90 Å². The van der Waals surface area contributed by atoms with Crippen LogP contribution in [0.4, 0.5) is 13.6 Å². The highest BCUT2D eigenvalue weighted by Gasteiger charge is 2.32. The lowest BCUT2D eigenvalue weighted by molar-refractivity contribution is -0.132. The maximum absolute atomic E-state index is 14.2. The number of halogens is 2. The summed E-state index contributed by atoms with van der Waals surface area (Å²) >= 11 is 0. The number of aryl methyl sites for hydroxylation is 1. The van der Waals surface area contributed by atoms with Gasteiger partial charge in [0.1, 0.15) is 18.2 Å². The number of likely N-dealkylation sites (tertiary alicyclic amines) is 1. The number of ether oxygens (including phenoxy) is 1. The molecule has 4 aromatic carbocycles. The molecule has 2 unspecified atom stereocenters. The number of fused-ring (bicyclic) bond motifs is 3. The fraction of sp³-hybridized carbons (Fsp3) is 0.372. The van der Waals surface area contributed by atoms with Gasteiger partial charge in [0.25, 0.3) is 0 Å². The third-order valence-corrected chi connectivity index (χ3v) is 10.1. The number of aliphatic hydroxyl groups is 1. The summed E-state index contributed by atoms with van der Waals surface area (Å²) in [4.78, 5) is 43.1. The summed E-state index contributed by atoms with van der Waals surface area (Å²) in [5, 5.41) is 14.6. The minimum Gasteiger partial charge on any atom is -0.448 e. The third kappa shape index (κ3) is 9.87. The number of benzene rings is 4. The first-order chi connectivity index (χ1) is 25.6. The molecule has 8 nitrogen and oxygen atoms in total. The lowest BCUT2D eigenvalue weighted by Crippen LogP contribution is -2.50. The van der Waals surface area contributed by atoms with Gasteiger partial charge in [-0.2, -0.15) is 0 Å². The quantitative estimate of drug-likeness (QED) is 0.142. The largest absolute Gasteiger partial charge is 0.448 e. The molecule has 0 radical (unpaired) electrons. The molecule has 6 rings (SSSR count). The highest BCUT2D eigenvalue weighted by molar-refractivity contribution is 5.80. The van der Waals surface area contributed by atoms with E-state index in [0.29, 0.717) is 6.42 Å². The van der Waals surface area contributed by atoms with Crippen molar-refractivity contribution in [2.45, 2.75) is 76.5 Å². The number of carbonyl (C=O) groups is 3. The summed E-state index contributed by atoms with van der Waals surface area (Å²) in [6, 6.07) is 25.8. The third-order valence-electron chi connectivity index (χ3n) is 10.1. The van der Waals surface area contributed by atoms with Crippen LogP contribution in [-0.2, 0) is 27.3 Å². The molecule has 1 heterocycles. The van der Waals surface area contributed by atoms with E-state index >= 15 is 0 Å². The van der Waals surface area contributed by atoms with Crippen molar-refractivity contribution < 1.29 is 33.0 Å². The first kappa shape index (κ1) is 37.7. The van der Waals surface area contributed by atoms with Gasteiger partial charge in [0.05, 0.1) is 18.7 Å². The Hall–Kier alpha value is -5.09. The SMILES string of the molecule is Cc1cccc(CN(CC(O)C(Cc2cc(F)cc(F)c2)NC(=O)CCCC(=O)N2CCCCC2)C(=O)OCC2c3ccccc3-c3ccccc32)c1. The Morgan fingerprint density at radius 1 is 0.849 bits per heavy atom. The van der Waals surface area contributed by atoms with Crippen molar-refractivity contribution in [2.24, 2.45) is 0 Å². The van der Waals surface area contributed by atoms with Crippen LogP contribution in [0.1, 0.15) is 72.3 Å². The summed E-state index contributed by atoms with van der Waals surface area (Å²) in [6.07, 6.45) is 1.54. The summed E-state index contributed by atoms with van der Waals surface area (Å²) in [5.74, 6) is -2.14. The fourth-order valence-corrected chi connectivity index (χ4v) is 7.52. The van der Waals surface area contributed by atoms with Gasteiger partial charge in [0.15, 0.2) is 0 Å². The van der Waals surface area contributed by atoms with E-state index < -0.39 is 35.8 Å². The molecule has 1 aliphatic carbocycles. The smallest absolute Gasteiger partial charge is 0.410 e. The molecule has 3 amide bonds. The van der Waals surface area contributed by atoms with Gasteiger partial charge < -0.3 is 25.0 Å². The van der Waals surface area contributed by atoms with Gasteiger partial charge >= 0.3 is 6.09 Å². The van der Waals surface area contributed by atoms with Crippen LogP contribution in [0.3, 0.4) is 0 Å². The van der Waals surface area contributed by atoms with Crippen molar-refractivity contribution >= 4 is 17.9 Å². The highest BCUT2D eigenvalue weighted by atomic mass is 19.1. The van der Waals surface area contributed by atoms with E-state index in [1.807, 2.05) is 72.5 Å². The average molecular weight is 724 g/mol. The minimum atomic E-state index is -1.34. The fourth-order valence-electron chi connectivity index (χ4n) is 7.52. The van der Waals surface area contributed by atoms with E-state index in [1.54, 1.807) is 0 Å². The normalized spacial score (nSPS) is 14.9. The standard InChI is InChI=1S/C43H47F2N3O5/c1-29-11-9-12-30(21-29)26-48(43(52)53-28-38-36-15-5-3-13-34(36)35-14-4-6-16-37(35)38)27-40(49)39(24-31-22-32(44)25-33(45)23-31)46-41(50)17-10-18-42(51)47-19-7-2-8-20-47/h3-6,9,11-16,21-23,25,38-40,49H,2,7-8,10,17-20,24,26-28H2,1H3,(H,46,50). The predicted octanol–water partition coefficient (Wildman–Crippen LogP) is 7.30. The maximum Gasteiger partial charge on any atom is 0.410 e. The lowest BCUT2D eigenvalue weighted by atomic mass is 9.98. The van der Waals surface area contributed by atoms with Gasteiger partial charge in [-0.05, 0) is 84.5 Å². The van der Waals surface area contributed by atoms with E-state index in [2.05, 4.69) is 17.4 Å². The van der Waals surface area contributed by atoms with Crippen LogP contribution >= 0.6 is 0 Å². The first-order valence-electron chi connectivity index (χ1n) is 18.5. The molecular formula is C43H47F2N3O5. The summed E-state index contributed by atoms with van der Waals surface area (Å²) < 4.78 is 34.5. The van der Waals surface area contributed by atoms with Crippen molar-refractivity contribution in [3.63, 3.8) is 0 Å². The number of amides is 3. The average Bonchev–Trinajstić information content (AvgIpc) is 3.46. The van der Waals surface area contributed by atoms with Gasteiger partial charge in [-0.15, -0.1) is 0 Å². The Labute approximate surface area is 309 Å². The number of nitrogens with zero attached hydrogens (tertiary/aromatic N) is 2. The molecule has 1 aliphatic heterocycles. The first-order valence-corrected chi connectivity index (χ1v) is 18.5. The van der Waals surface area contributed by atoms with Crippen molar-refractivity contribution in [3.05, 3.63) is 130 Å². The molecule has 0 bridgehead atoms. The Balaban J connectivity index is 1.17. The summed E-state index contributed by atoms with van der Waals surface area (Å²) in [6.45, 7) is 3.36. The second-order valence-corrected chi connectivity index (χ2v) is 14.2. The number of piperidine rings is 1. The molecular weight excluding hydrogens is 676 g/mol. The molecule has 4 aromatic rings. The van der Waals surface area contributed by atoms with Crippen LogP contribution in [0, 0.1) is 18.6 Å². The number of carbonyl (C=O) groups excluding carboxylic acids is 3. The van der Waals surface area contributed by atoms with Crippen LogP contribution in [0.2, 0.25) is 0 Å². The van der Waals surface area contributed by atoms with Gasteiger partial charge in [-0.3, -0.25) is 9.59 Å². The van der Waals surface area contributed by atoms with Crippen LogP contribution in [-0.4, -0.2) is 71.2 Å². The van der Waals surface area contributed by atoms with E-state index in [4.69, 9.17) is 4.74 Å². The number of hydrogen-bond acceptors (Lipinski definition) is 5. The molecule has 2 atom stereocenters. The minimum absolute atomic E-state index is 0.0132. The number of hydrogen-bond donors (Lipinski definition) is 2. The van der Waals surface area contributed by atoms with E-state index in [0.717, 1.165) is 83.9 Å². The van der Waals surface area contributed by atoms with Gasteiger partial charge in [0, 0.05) is 44.5 Å². The van der Waals surface area contributed by atoms with Gasteiger partial charge in [-0.25, -0.2) is 13.6 Å². The zero-order chi connectivity index (χ0) is 37.3. The summed E-state index contributed by atoms with van der Waals surface area (Å²) in [5.41, 5.74) is 6.37. The highest BCUT2D eigenvalue weighted by Crippen LogP contribution is 2.44. The number of aliphatic hydroxyl groups excluding tert-OH is 1. The Kier molecular flexibility index (Phi) is 12.5. The molecule has 53 heavy (non-hydrogen) atoms. The molecule has 2 aliphatic rings. The van der Waals surface area contributed by atoms with Crippen LogP contribution in [0.25, 0.3) is 11.1 Å². The molecule has 0 saturated carbocycles. The van der Waals surface area contributed by atoms with E-state index in [9.17, 15) is 28.3 Å². The van der Waals surface area contributed by atoms with Crippen LogP contribution < -0.4 is 5.32 Å². The number of rotatable bonds is 14.